The van der Waals surface area contributed by atoms with Gasteiger partial charge in [0.15, 0.2) is 0 Å². The first-order valence-electron chi connectivity index (χ1n) is 4.52. The van der Waals surface area contributed by atoms with E-state index in [1.54, 1.807) is 18.6 Å². The van der Waals surface area contributed by atoms with Crippen LogP contribution in [-0.4, -0.2) is 25.6 Å². The maximum atomic E-state index is 10.5. The van der Waals surface area contributed by atoms with Gasteiger partial charge in [-0.05, 0) is 6.07 Å². The summed E-state index contributed by atoms with van der Waals surface area (Å²) in [4.78, 5) is 17.6. The van der Waals surface area contributed by atoms with Gasteiger partial charge in [0, 0.05) is 30.7 Å². The molecule has 78 valence electrons. The van der Waals surface area contributed by atoms with Gasteiger partial charge in [-0.1, -0.05) is 0 Å². The molecule has 0 aromatic carbocycles. The van der Waals surface area contributed by atoms with Crippen LogP contribution in [0, 0.1) is 0 Å². The van der Waals surface area contributed by atoms with Crippen molar-refractivity contribution in [3.05, 3.63) is 30.5 Å². The molecule has 2 aromatic rings. The predicted octanol–water partition coefficient (Wildman–Crippen LogP) is 1.04. The van der Waals surface area contributed by atoms with E-state index in [-0.39, 0.29) is 6.42 Å². The van der Waals surface area contributed by atoms with Crippen LogP contribution in [0.4, 0.5) is 0 Å². The zero-order valence-electron chi connectivity index (χ0n) is 8.27. The first-order valence-corrected chi connectivity index (χ1v) is 4.52. The number of hydrogen-bond donors (Lipinski definition) is 2. The molecular weight excluding hydrogens is 194 g/mol. The second kappa shape index (κ2) is 3.61. The average molecular weight is 205 g/mol. The zero-order chi connectivity index (χ0) is 10.8. The van der Waals surface area contributed by atoms with Crippen LogP contribution in [0.1, 0.15) is 5.69 Å². The van der Waals surface area contributed by atoms with E-state index in [1.807, 2.05) is 17.8 Å². The molecule has 0 saturated heterocycles. The minimum atomic E-state index is -0.843. The molecule has 0 saturated carbocycles. The van der Waals surface area contributed by atoms with E-state index in [9.17, 15) is 4.79 Å². The van der Waals surface area contributed by atoms with E-state index in [2.05, 4.69) is 9.97 Å². The molecular formula is C10H11N3O2. The van der Waals surface area contributed by atoms with Crippen LogP contribution >= 0.6 is 0 Å². The Balaban J connectivity index is 2.23. The van der Waals surface area contributed by atoms with Crippen molar-refractivity contribution >= 4 is 5.97 Å². The zero-order valence-corrected chi connectivity index (χ0v) is 8.27. The fourth-order valence-electron chi connectivity index (χ4n) is 1.42. The maximum absolute atomic E-state index is 10.5. The Bertz CT molecular complexity index is 484. The van der Waals surface area contributed by atoms with Gasteiger partial charge in [0.25, 0.3) is 0 Å². The number of H-pyrrole nitrogens is 1. The smallest absolute Gasteiger partial charge is 0.309 e. The van der Waals surface area contributed by atoms with E-state index >= 15 is 0 Å². The molecule has 2 N–H and O–H groups in total. The molecule has 0 aliphatic heterocycles. The lowest BCUT2D eigenvalue weighted by Crippen LogP contribution is -1.99. The van der Waals surface area contributed by atoms with Gasteiger partial charge in [-0.3, -0.25) is 4.79 Å². The third-order valence-corrected chi connectivity index (χ3v) is 2.09. The SMILES string of the molecule is Cn1cnc(-c2c[nH]c(CC(=O)O)c2)c1. The predicted molar refractivity (Wildman–Crippen MR) is 54.3 cm³/mol. The van der Waals surface area contributed by atoms with Gasteiger partial charge in [-0.2, -0.15) is 0 Å². The van der Waals surface area contributed by atoms with E-state index in [4.69, 9.17) is 5.11 Å². The Morgan fingerprint density at radius 2 is 2.47 bits per heavy atom. The summed E-state index contributed by atoms with van der Waals surface area (Å²) in [6, 6.07) is 1.80. The van der Waals surface area contributed by atoms with Gasteiger partial charge >= 0.3 is 5.97 Å². The van der Waals surface area contributed by atoms with Crippen LogP contribution in [0.2, 0.25) is 0 Å². The number of carbonyl (C=O) groups is 1. The Morgan fingerprint density at radius 3 is 3.07 bits per heavy atom. The number of aliphatic carboxylic acids is 1. The fraction of sp³-hybridized carbons (Fsp3) is 0.200. The number of carboxylic acid groups (broad SMARTS) is 1. The molecule has 15 heavy (non-hydrogen) atoms. The number of aromatic nitrogens is 3. The van der Waals surface area contributed by atoms with Crippen molar-refractivity contribution in [1.29, 1.82) is 0 Å². The Kier molecular flexibility index (Phi) is 2.29. The lowest BCUT2D eigenvalue weighted by Gasteiger charge is -1.89. The van der Waals surface area contributed by atoms with Crippen molar-refractivity contribution in [2.45, 2.75) is 6.42 Å². The Hall–Kier alpha value is -2.04. The summed E-state index contributed by atoms with van der Waals surface area (Å²) in [6.07, 6.45) is 5.36. The highest BCUT2D eigenvalue weighted by molar-refractivity contribution is 5.70. The minimum Gasteiger partial charge on any atom is -0.481 e. The lowest BCUT2D eigenvalue weighted by atomic mass is 10.2. The fourth-order valence-corrected chi connectivity index (χ4v) is 1.42. The van der Waals surface area contributed by atoms with Gasteiger partial charge in [-0.25, -0.2) is 4.98 Å². The monoisotopic (exact) mass is 205 g/mol. The topological polar surface area (TPSA) is 70.9 Å². The average Bonchev–Trinajstić information content (AvgIpc) is 2.72. The molecule has 0 fully saturated rings. The summed E-state index contributed by atoms with van der Waals surface area (Å²) >= 11 is 0. The summed E-state index contributed by atoms with van der Waals surface area (Å²) in [7, 11) is 1.89. The van der Waals surface area contributed by atoms with Crippen LogP contribution in [0.3, 0.4) is 0 Å². The molecule has 5 nitrogen and oxygen atoms in total. The Labute approximate surface area is 86.4 Å². The van der Waals surface area contributed by atoms with Gasteiger partial charge in [0.2, 0.25) is 0 Å². The highest BCUT2D eigenvalue weighted by atomic mass is 16.4. The molecule has 0 spiro atoms. The molecule has 0 radical (unpaired) electrons. The first-order chi connectivity index (χ1) is 7.15. The normalized spacial score (nSPS) is 10.5. The number of aryl methyl sites for hydroxylation is 1. The summed E-state index contributed by atoms with van der Waals surface area (Å²) in [5.41, 5.74) is 2.43. The maximum Gasteiger partial charge on any atom is 0.309 e. The van der Waals surface area contributed by atoms with Crippen molar-refractivity contribution in [1.82, 2.24) is 14.5 Å². The van der Waals surface area contributed by atoms with Crippen molar-refractivity contribution in [2.75, 3.05) is 0 Å². The van der Waals surface area contributed by atoms with Crippen LogP contribution in [0.25, 0.3) is 11.3 Å². The minimum absolute atomic E-state index is 0.00678. The van der Waals surface area contributed by atoms with Gasteiger partial charge in [-0.15, -0.1) is 0 Å². The van der Waals surface area contributed by atoms with Gasteiger partial charge < -0.3 is 14.7 Å². The van der Waals surface area contributed by atoms with Crippen molar-refractivity contribution in [3.63, 3.8) is 0 Å². The second-order valence-corrected chi connectivity index (χ2v) is 3.41. The molecule has 5 heteroatoms. The largest absolute Gasteiger partial charge is 0.481 e. The number of carboxylic acids is 1. The van der Waals surface area contributed by atoms with Crippen molar-refractivity contribution in [3.8, 4) is 11.3 Å². The van der Waals surface area contributed by atoms with Crippen LogP contribution in [-0.2, 0) is 18.3 Å². The summed E-state index contributed by atoms with van der Waals surface area (Å²) < 4.78 is 1.85. The molecule has 0 bridgehead atoms. The van der Waals surface area contributed by atoms with Gasteiger partial charge in [0.1, 0.15) is 0 Å². The van der Waals surface area contributed by atoms with Crippen LogP contribution in [0.5, 0.6) is 0 Å². The molecule has 0 atom stereocenters. The number of aromatic amines is 1. The highest BCUT2D eigenvalue weighted by Crippen LogP contribution is 2.17. The number of hydrogen-bond acceptors (Lipinski definition) is 2. The molecule has 0 amide bonds. The summed E-state index contributed by atoms with van der Waals surface area (Å²) in [5.74, 6) is -0.843. The summed E-state index contributed by atoms with van der Waals surface area (Å²) in [6.45, 7) is 0. The van der Waals surface area contributed by atoms with E-state index in [0.717, 1.165) is 11.3 Å². The van der Waals surface area contributed by atoms with Gasteiger partial charge in [0.05, 0.1) is 18.4 Å². The molecule has 2 heterocycles. The quantitative estimate of drug-likeness (QED) is 0.786. The lowest BCUT2D eigenvalue weighted by molar-refractivity contribution is -0.136. The third kappa shape index (κ3) is 2.07. The Morgan fingerprint density at radius 1 is 1.67 bits per heavy atom. The third-order valence-electron chi connectivity index (χ3n) is 2.09. The van der Waals surface area contributed by atoms with E-state index in [0.29, 0.717) is 5.69 Å². The van der Waals surface area contributed by atoms with E-state index in [1.165, 1.54) is 0 Å². The number of imidazole rings is 1. The van der Waals surface area contributed by atoms with E-state index < -0.39 is 5.97 Å². The van der Waals surface area contributed by atoms with Crippen LogP contribution < -0.4 is 0 Å². The number of nitrogens with zero attached hydrogens (tertiary/aromatic N) is 2. The highest BCUT2D eigenvalue weighted by Gasteiger charge is 2.06. The van der Waals surface area contributed by atoms with Crippen molar-refractivity contribution < 1.29 is 9.90 Å². The first kappa shape index (κ1) is 9.51. The van der Waals surface area contributed by atoms with Crippen molar-refractivity contribution in [2.24, 2.45) is 7.05 Å². The number of nitrogens with one attached hydrogen (secondary N) is 1. The molecule has 2 aromatic heterocycles. The summed E-state index contributed by atoms with van der Waals surface area (Å²) in [5, 5.41) is 8.61. The molecule has 2 rings (SSSR count). The molecule has 0 unspecified atom stereocenters. The van der Waals surface area contributed by atoms with Crippen LogP contribution in [0.15, 0.2) is 24.8 Å². The molecule has 0 aliphatic carbocycles. The second-order valence-electron chi connectivity index (χ2n) is 3.41. The standard InChI is InChI=1S/C10H11N3O2/c1-13-5-9(12-6-13)7-2-8(11-4-7)3-10(14)15/h2,4-6,11H,3H2,1H3,(H,14,15). The number of rotatable bonds is 3. The molecule has 0 aliphatic rings.